The molecular weight excluding hydrogens is 418 g/mol. The molecule has 0 radical (unpaired) electrons. The van der Waals surface area contributed by atoms with Crippen LogP contribution in [0.4, 0.5) is 4.79 Å². The van der Waals surface area contributed by atoms with E-state index in [1.54, 1.807) is 34.7 Å². The van der Waals surface area contributed by atoms with Crippen molar-refractivity contribution in [2.45, 2.75) is 65.8 Å². The average molecular weight is 454 g/mol. The van der Waals surface area contributed by atoms with Crippen LogP contribution in [0, 0.1) is 13.8 Å². The quantitative estimate of drug-likeness (QED) is 0.663. The zero-order valence-corrected chi connectivity index (χ0v) is 20.6. The topological polar surface area (TPSA) is 87.7 Å². The third-order valence-electron chi connectivity index (χ3n) is 5.13. The maximum atomic E-state index is 13.3. The minimum atomic E-state index is -0.876. The summed E-state index contributed by atoms with van der Waals surface area (Å²) < 4.78 is 5.25. The van der Waals surface area contributed by atoms with E-state index in [1.165, 1.54) is 4.90 Å². The Balaban J connectivity index is 2.26. The lowest BCUT2D eigenvalue weighted by atomic mass is 9.96. The Hall–Kier alpha value is -3.35. The van der Waals surface area contributed by atoms with Crippen LogP contribution in [0.1, 0.15) is 56.0 Å². The second-order valence-electron chi connectivity index (χ2n) is 9.28. The molecule has 0 aromatic heterocycles. The molecule has 33 heavy (non-hydrogen) atoms. The molecule has 3 amide bonds. The van der Waals surface area contributed by atoms with Gasteiger partial charge in [-0.3, -0.25) is 9.59 Å². The van der Waals surface area contributed by atoms with E-state index < -0.39 is 29.7 Å². The molecule has 0 aliphatic heterocycles. The highest BCUT2D eigenvalue weighted by molar-refractivity contribution is 5.92. The van der Waals surface area contributed by atoms with Gasteiger partial charge in [-0.25, -0.2) is 4.79 Å². The maximum absolute atomic E-state index is 13.3. The van der Waals surface area contributed by atoms with Crippen molar-refractivity contribution in [3.05, 3.63) is 70.8 Å². The summed E-state index contributed by atoms with van der Waals surface area (Å²) in [6, 6.07) is 13.7. The van der Waals surface area contributed by atoms with Crippen LogP contribution in [0.25, 0.3) is 0 Å². The highest BCUT2D eigenvalue weighted by Gasteiger charge is 2.33. The third kappa shape index (κ3) is 7.63. The highest BCUT2D eigenvalue weighted by atomic mass is 16.6. The van der Waals surface area contributed by atoms with E-state index in [-0.39, 0.29) is 5.91 Å². The minimum absolute atomic E-state index is 0.298. The smallest absolute Gasteiger partial charge is 0.408 e. The van der Waals surface area contributed by atoms with Gasteiger partial charge >= 0.3 is 6.09 Å². The Bertz CT molecular complexity index is 983. The second kappa shape index (κ2) is 11.0. The van der Waals surface area contributed by atoms with Crippen LogP contribution in [0.15, 0.2) is 48.5 Å². The number of hydrogen-bond acceptors (Lipinski definition) is 4. The number of likely N-dealkylation sites (N-methyl/N-ethyl adjacent to an activating group) is 1. The van der Waals surface area contributed by atoms with Gasteiger partial charge in [0.05, 0.1) is 0 Å². The molecule has 2 rings (SSSR count). The summed E-state index contributed by atoms with van der Waals surface area (Å²) in [6.45, 7) is 11.0. The molecule has 2 unspecified atom stereocenters. The van der Waals surface area contributed by atoms with Crippen molar-refractivity contribution in [1.82, 2.24) is 15.5 Å². The van der Waals surface area contributed by atoms with Crippen molar-refractivity contribution < 1.29 is 19.1 Å². The SMILES string of the molecule is Cc1ccc(C)c(C(C(=O)NCc2ccccc2)N(C)C(=O)C(C)NC(=O)OC(C)(C)C)c1. The fraction of sp³-hybridized carbons (Fsp3) is 0.423. The third-order valence-corrected chi connectivity index (χ3v) is 5.13. The van der Waals surface area contributed by atoms with E-state index >= 15 is 0 Å². The lowest BCUT2D eigenvalue weighted by molar-refractivity contribution is -0.140. The van der Waals surface area contributed by atoms with Crippen LogP contribution in [0.3, 0.4) is 0 Å². The fourth-order valence-corrected chi connectivity index (χ4v) is 3.44. The van der Waals surface area contributed by atoms with Gasteiger partial charge < -0.3 is 20.3 Å². The number of rotatable bonds is 7. The summed E-state index contributed by atoms with van der Waals surface area (Å²) in [4.78, 5) is 40.1. The molecule has 2 N–H and O–H groups in total. The van der Waals surface area contributed by atoms with E-state index in [0.717, 1.165) is 22.3 Å². The molecule has 0 saturated carbocycles. The normalized spacial score (nSPS) is 12.9. The summed E-state index contributed by atoms with van der Waals surface area (Å²) >= 11 is 0. The molecule has 0 saturated heterocycles. The molecule has 0 bridgehead atoms. The first kappa shape index (κ1) is 25.9. The van der Waals surface area contributed by atoms with Crippen molar-refractivity contribution >= 4 is 17.9 Å². The number of hydrogen-bond donors (Lipinski definition) is 2. The zero-order valence-electron chi connectivity index (χ0n) is 20.6. The molecular formula is C26H35N3O4. The Labute approximate surface area is 196 Å². The molecule has 0 aliphatic rings. The Morgan fingerprint density at radius 1 is 1.03 bits per heavy atom. The largest absolute Gasteiger partial charge is 0.444 e. The van der Waals surface area contributed by atoms with Crippen LogP contribution >= 0.6 is 0 Å². The van der Waals surface area contributed by atoms with Crippen LogP contribution in [-0.4, -0.2) is 41.5 Å². The summed E-state index contributed by atoms with van der Waals surface area (Å²) in [7, 11) is 1.57. The number of nitrogens with zero attached hydrogens (tertiary/aromatic N) is 1. The molecule has 0 heterocycles. The van der Waals surface area contributed by atoms with E-state index in [2.05, 4.69) is 10.6 Å². The molecule has 7 heteroatoms. The molecule has 7 nitrogen and oxygen atoms in total. The number of benzene rings is 2. The Kier molecular flexibility index (Phi) is 8.63. The fourth-order valence-electron chi connectivity index (χ4n) is 3.44. The van der Waals surface area contributed by atoms with Gasteiger partial charge in [-0.15, -0.1) is 0 Å². The Morgan fingerprint density at radius 2 is 1.67 bits per heavy atom. The van der Waals surface area contributed by atoms with Crippen LogP contribution in [0.2, 0.25) is 0 Å². The summed E-state index contributed by atoms with van der Waals surface area (Å²) in [5.41, 5.74) is 2.89. The van der Waals surface area contributed by atoms with Gasteiger partial charge in [-0.1, -0.05) is 54.1 Å². The minimum Gasteiger partial charge on any atom is -0.444 e. The van der Waals surface area contributed by atoms with Crippen molar-refractivity contribution in [3.8, 4) is 0 Å². The van der Waals surface area contributed by atoms with Gasteiger partial charge in [0.2, 0.25) is 11.8 Å². The highest BCUT2D eigenvalue weighted by Crippen LogP contribution is 2.25. The lowest BCUT2D eigenvalue weighted by Crippen LogP contribution is -2.50. The van der Waals surface area contributed by atoms with Crippen molar-refractivity contribution in [2.24, 2.45) is 0 Å². The number of carbonyl (C=O) groups excluding carboxylic acids is 3. The first-order valence-corrected chi connectivity index (χ1v) is 11.0. The van der Waals surface area contributed by atoms with E-state index in [1.807, 2.05) is 62.4 Å². The molecule has 0 spiro atoms. The number of aryl methyl sites for hydroxylation is 2. The molecule has 2 aromatic rings. The van der Waals surface area contributed by atoms with Gasteiger partial charge in [0.15, 0.2) is 0 Å². The summed E-state index contributed by atoms with van der Waals surface area (Å²) in [5, 5.41) is 5.51. The molecule has 2 atom stereocenters. The monoisotopic (exact) mass is 453 g/mol. The van der Waals surface area contributed by atoms with Crippen LogP contribution in [-0.2, 0) is 20.9 Å². The standard InChI is InChI=1S/C26H35N3O4/c1-17-13-14-18(2)21(15-17)22(23(30)27-16-20-11-9-8-10-12-20)29(7)24(31)19(3)28-25(32)33-26(4,5)6/h8-15,19,22H,16H2,1-7H3,(H,27,30)(H,28,32). The van der Waals surface area contributed by atoms with E-state index in [4.69, 9.17) is 4.74 Å². The molecule has 178 valence electrons. The zero-order chi connectivity index (χ0) is 24.8. The van der Waals surface area contributed by atoms with E-state index in [9.17, 15) is 14.4 Å². The number of alkyl carbamates (subject to hydrolysis) is 1. The predicted octanol–water partition coefficient (Wildman–Crippen LogP) is 4.03. The van der Waals surface area contributed by atoms with E-state index in [0.29, 0.717) is 6.54 Å². The van der Waals surface area contributed by atoms with Gasteiger partial charge in [-0.2, -0.15) is 0 Å². The van der Waals surface area contributed by atoms with Crippen LogP contribution < -0.4 is 10.6 Å². The molecule has 0 fully saturated rings. The predicted molar refractivity (Wildman–Crippen MR) is 129 cm³/mol. The first-order valence-electron chi connectivity index (χ1n) is 11.0. The number of amides is 3. The number of ether oxygens (including phenoxy) is 1. The van der Waals surface area contributed by atoms with Crippen molar-refractivity contribution in [1.29, 1.82) is 0 Å². The average Bonchev–Trinajstić information content (AvgIpc) is 2.73. The number of nitrogens with one attached hydrogen (secondary N) is 2. The Morgan fingerprint density at radius 3 is 2.27 bits per heavy atom. The summed E-state index contributed by atoms with van der Waals surface area (Å²) in [5.74, 6) is -0.700. The second-order valence-corrected chi connectivity index (χ2v) is 9.28. The molecule has 2 aromatic carbocycles. The van der Waals surface area contributed by atoms with Crippen LogP contribution in [0.5, 0.6) is 0 Å². The van der Waals surface area contributed by atoms with Gasteiger partial charge in [-0.05, 0) is 58.2 Å². The number of carbonyl (C=O) groups is 3. The van der Waals surface area contributed by atoms with Gasteiger partial charge in [0.1, 0.15) is 17.7 Å². The van der Waals surface area contributed by atoms with Gasteiger partial charge in [0.25, 0.3) is 0 Å². The molecule has 0 aliphatic carbocycles. The van der Waals surface area contributed by atoms with Crippen molar-refractivity contribution in [3.63, 3.8) is 0 Å². The maximum Gasteiger partial charge on any atom is 0.408 e. The van der Waals surface area contributed by atoms with Crippen molar-refractivity contribution in [2.75, 3.05) is 7.05 Å². The van der Waals surface area contributed by atoms with Gasteiger partial charge in [0, 0.05) is 13.6 Å². The lowest BCUT2D eigenvalue weighted by Gasteiger charge is -2.31. The summed E-state index contributed by atoms with van der Waals surface area (Å²) in [6.07, 6.45) is -0.687. The first-order chi connectivity index (χ1) is 15.4.